The van der Waals surface area contributed by atoms with Gasteiger partial charge in [-0.3, -0.25) is 14.6 Å². The number of likely N-dealkylation sites (tertiary alicyclic amines) is 1. The summed E-state index contributed by atoms with van der Waals surface area (Å²) < 4.78 is 12.8. The molecule has 3 aliphatic rings. The summed E-state index contributed by atoms with van der Waals surface area (Å²) in [4.78, 5) is 17.9. The van der Waals surface area contributed by atoms with Crippen molar-refractivity contribution in [2.24, 2.45) is 5.92 Å². The van der Waals surface area contributed by atoms with Crippen molar-refractivity contribution in [1.82, 2.24) is 19.5 Å². The number of aromatic nitrogens is 2. The molecule has 2 bridgehead atoms. The molecular formula is C22H30N4O3. The van der Waals surface area contributed by atoms with E-state index in [1.807, 2.05) is 19.2 Å². The summed E-state index contributed by atoms with van der Waals surface area (Å²) in [7, 11) is 2.02. The molecule has 0 spiro atoms. The fourth-order valence-electron chi connectivity index (χ4n) is 5.09. The van der Waals surface area contributed by atoms with Crippen LogP contribution in [0.4, 0.5) is 0 Å². The normalized spacial score (nSPS) is 24.5. The zero-order valence-corrected chi connectivity index (χ0v) is 17.3. The monoisotopic (exact) mass is 398 g/mol. The Kier molecular flexibility index (Phi) is 5.05. The molecule has 0 unspecified atom stereocenters. The minimum Gasteiger partial charge on any atom is -0.378 e. The number of aryl methyl sites for hydroxylation is 1. The first-order chi connectivity index (χ1) is 14.1. The molecule has 2 aromatic heterocycles. The van der Waals surface area contributed by atoms with Gasteiger partial charge in [-0.25, -0.2) is 0 Å². The Hall–Kier alpha value is -1.96. The lowest BCUT2D eigenvalue weighted by molar-refractivity contribution is -0.0827. The average molecular weight is 399 g/mol. The van der Waals surface area contributed by atoms with Crippen LogP contribution in [0.2, 0.25) is 0 Å². The Bertz CT molecular complexity index is 932. The number of fused-ring (bicyclic) bond motifs is 4. The molecule has 5 rings (SSSR count). The first-order valence-corrected chi connectivity index (χ1v) is 10.8. The lowest BCUT2D eigenvalue weighted by Crippen LogP contribution is -2.56. The van der Waals surface area contributed by atoms with Gasteiger partial charge in [-0.1, -0.05) is 18.1 Å². The van der Waals surface area contributed by atoms with Crippen LogP contribution in [-0.2, 0) is 30.8 Å². The number of rotatable bonds is 6. The van der Waals surface area contributed by atoms with E-state index in [2.05, 4.69) is 32.5 Å². The van der Waals surface area contributed by atoms with Gasteiger partial charge in [0.1, 0.15) is 0 Å². The van der Waals surface area contributed by atoms with Gasteiger partial charge in [0.2, 0.25) is 0 Å². The van der Waals surface area contributed by atoms with E-state index in [9.17, 15) is 4.79 Å². The Morgan fingerprint density at radius 1 is 1.21 bits per heavy atom. The van der Waals surface area contributed by atoms with Gasteiger partial charge in [-0.15, -0.1) is 0 Å². The van der Waals surface area contributed by atoms with Crippen LogP contribution < -0.4 is 5.56 Å². The van der Waals surface area contributed by atoms with Crippen LogP contribution in [-0.4, -0.2) is 58.9 Å². The predicted octanol–water partition coefficient (Wildman–Crippen LogP) is 1.85. The molecule has 0 aromatic carbocycles. The smallest absolute Gasteiger partial charge is 0.255 e. The van der Waals surface area contributed by atoms with Crippen LogP contribution in [0.5, 0.6) is 0 Å². The first-order valence-electron chi connectivity index (χ1n) is 10.8. The lowest BCUT2D eigenvalue weighted by atomic mass is 9.82. The maximum Gasteiger partial charge on any atom is 0.255 e. The van der Waals surface area contributed by atoms with E-state index in [1.54, 1.807) is 0 Å². The van der Waals surface area contributed by atoms with Crippen LogP contribution in [0.25, 0.3) is 0 Å². The van der Waals surface area contributed by atoms with E-state index in [4.69, 9.17) is 9.26 Å². The van der Waals surface area contributed by atoms with E-state index in [0.717, 1.165) is 56.3 Å². The molecule has 3 aliphatic heterocycles. The second-order valence-electron chi connectivity index (χ2n) is 8.95. The van der Waals surface area contributed by atoms with Gasteiger partial charge in [-0.05, 0) is 31.9 Å². The predicted molar refractivity (Wildman–Crippen MR) is 109 cm³/mol. The number of hydrogen-bond acceptors (Lipinski definition) is 6. The third-order valence-electron chi connectivity index (χ3n) is 6.68. The van der Waals surface area contributed by atoms with Gasteiger partial charge >= 0.3 is 0 Å². The molecule has 7 nitrogen and oxygen atoms in total. The van der Waals surface area contributed by atoms with E-state index < -0.39 is 0 Å². The van der Waals surface area contributed by atoms with Crippen LogP contribution >= 0.6 is 0 Å². The van der Waals surface area contributed by atoms with Crippen molar-refractivity contribution < 1.29 is 9.26 Å². The molecule has 0 aliphatic carbocycles. The Labute approximate surface area is 171 Å². The molecule has 7 heteroatoms. The third kappa shape index (κ3) is 3.67. The fraction of sp³-hybridized carbons (Fsp3) is 0.636. The van der Waals surface area contributed by atoms with Gasteiger partial charge < -0.3 is 13.8 Å². The maximum atomic E-state index is 13.2. The van der Waals surface area contributed by atoms with Crippen molar-refractivity contribution in [3.63, 3.8) is 0 Å². The van der Waals surface area contributed by atoms with Gasteiger partial charge in [0.05, 0.1) is 31.5 Å². The average Bonchev–Trinajstić information content (AvgIpc) is 3.10. The molecule has 0 radical (unpaired) electrons. The number of piperidine rings is 1. The summed E-state index contributed by atoms with van der Waals surface area (Å²) in [5.41, 5.74) is 3.22. The van der Waals surface area contributed by atoms with Crippen molar-refractivity contribution in [2.45, 2.75) is 51.4 Å². The highest BCUT2D eigenvalue weighted by atomic mass is 16.5. The third-order valence-corrected chi connectivity index (χ3v) is 6.68. The van der Waals surface area contributed by atoms with Crippen molar-refractivity contribution in [3.05, 3.63) is 51.3 Å². The summed E-state index contributed by atoms with van der Waals surface area (Å²) in [5, 5.41) is 4.05. The van der Waals surface area contributed by atoms with E-state index in [1.165, 1.54) is 12.1 Å². The molecule has 5 heterocycles. The first kappa shape index (κ1) is 19.0. The fourth-order valence-corrected chi connectivity index (χ4v) is 5.09. The molecule has 0 amide bonds. The van der Waals surface area contributed by atoms with Crippen LogP contribution in [0.3, 0.4) is 0 Å². The largest absolute Gasteiger partial charge is 0.378 e. The molecule has 2 fully saturated rings. The molecule has 0 N–H and O–H groups in total. The molecule has 2 aromatic rings. The minimum absolute atomic E-state index is 0.177. The van der Waals surface area contributed by atoms with Crippen molar-refractivity contribution in [1.29, 1.82) is 0 Å². The molecule has 2 saturated heterocycles. The minimum atomic E-state index is 0.177. The van der Waals surface area contributed by atoms with Crippen molar-refractivity contribution in [2.75, 3.05) is 33.4 Å². The molecule has 29 heavy (non-hydrogen) atoms. The Morgan fingerprint density at radius 2 is 2.07 bits per heavy atom. The number of pyridine rings is 1. The zero-order valence-electron chi connectivity index (χ0n) is 17.3. The van der Waals surface area contributed by atoms with Gasteiger partial charge in [0.25, 0.3) is 5.56 Å². The number of ether oxygens (including phenoxy) is 1. The summed E-state index contributed by atoms with van der Waals surface area (Å²) in [6.07, 6.45) is 2.07. The highest BCUT2D eigenvalue weighted by Crippen LogP contribution is 2.36. The van der Waals surface area contributed by atoms with E-state index in [0.29, 0.717) is 31.0 Å². The maximum absolute atomic E-state index is 13.2. The Balaban J connectivity index is 1.31. The van der Waals surface area contributed by atoms with Gasteiger partial charge in [0, 0.05) is 49.4 Å². The number of hydrogen-bond donors (Lipinski definition) is 0. The van der Waals surface area contributed by atoms with Gasteiger partial charge in [0.15, 0.2) is 5.76 Å². The summed E-state index contributed by atoms with van der Waals surface area (Å²) in [6.45, 7) is 8.04. The van der Waals surface area contributed by atoms with E-state index in [-0.39, 0.29) is 5.56 Å². The van der Waals surface area contributed by atoms with E-state index >= 15 is 0 Å². The summed E-state index contributed by atoms with van der Waals surface area (Å²) >= 11 is 0. The van der Waals surface area contributed by atoms with Gasteiger partial charge in [-0.2, -0.15) is 0 Å². The molecule has 0 saturated carbocycles. The molecular weight excluding hydrogens is 368 g/mol. The second kappa shape index (κ2) is 7.70. The summed E-state index contributed by atoms with van der Waals surface area (Å²) in [6, 6.07) is 6.80. The zero-order chi connectivity index (χ0) is 20.0. The standard InChI is InChI=1S/C22H30N4O3/c1-3-18-7-20(29-23-18)12-24(2)10-16-4-5-21-17-6-15(9-26(21)22(16)27)8-25(11-17)19-13-28-14-19/h4-5,7,15,17,19H,3,6,8-14H2,1-2H3/t15-,17+/m0/s1. The van der Waals surface area contributed by atoms with Crippen LogP contribution in [0.15, 0.2) is 27.5 Å². The van der Waals surface area contributed by atoms with Crippen LogP contribution in [0.1, 0.15) is 42.0 Å². The number of nitrogens with zero attached hydrogens (tertiary/aromatic N) is 4. The van der Waals surface area contributed by atoms with Crippen molar-refractivity contribution in [3.8, 4) is 0 Å². The molecule has 2 atom stereocenters. The summed E-state index contributed by atoms with van der Waals surface area (Å²) in [5.74, 6) is 1.87. The highest BCUT2D eigenvalue weighted by molar-refractivity contribution is 5.22. The Morgan fingerprint density at radius 3 is 2.79 bits per heavy atom. The topological polar surface area (TPSA) is 63.7 Å². The second-order valence-corrected chi connectivity index (χ2v) is 8.95. The highest BCUT2D eigenvalue weighted by Gasteiger charge is 2.39. The SMILES string of the molecule is CCc1cc(CN(C)Cc2ccc3n(c2=O)C[C@H]2C[C@@H]3CN(C3COC3)C2)on1. The quantitative estimate of drug-likeness (QED) is 0.740. The van der Waals surface area contributed by atoms with Crippen LogP contribution in [0, 0.1) is 5.92 Å². The molecule has 156 valence electrons. The van der Waals surface area contributed by atoms with Crippen molar-refractivity contribution >= 4 is 0 Å². The lowest BCUT2D eigenvalue weighted by Gasteiger charge is -2.47.